The van der Waals surface area contributed by atoms with E-state index in [0.29, 0.717) is 23.0 Å². The average Bonchev–Trinajstić information content (AvgIpc) is 3.35. The van der Waals surface area contributed by atoms with Crippen molar-refractivity contribution in [3.8, 4) is 28.3 Å². The van der Waals surface area contributed by atoms with Gasteiger partial charge in [0.25, 0.3) is 0 Å². The van der Waals surface area contributed by atoms with Crippen LogP contribution in [0.5, 0.6) is 5.75 Å². The van der Waals surface area contributed by atoms with E-state index in [0.717, 1.165) is 34.9 Å². The van der Waals surface area contributed by atoms with Gasteiger partial charge in [0.05, 0.1) is 18.4 Å². The van der Waals surface area contributed by atoms with Gasteiger partial charge in [0.2, 0.25) is 0 Å². The molecular formula is C24H24FN3OS. The number of ether oxygens (including phenoxy) is 1. The predicted octanol–water partition coefficient (Wildman–Crippen LogP) is 6.62. The summed E-state index contributed by atoms with van der Waals surface area (Å²) in [5.41, 5.74) is 3.19. The first kappa shape index (κ1) is 19.1. The van der Waals surface area contributed by atoms with Gasteiger partial charge in [-0.15, -0.1) is 11.3 Å². The van der Waals surface area contributed by atoms with Gasteiger partial charge in [-0.25, -0.2) is 9.37 Å². The second-order valence-corrected chi connectivity index (χ2v) is 8.55. The van der Waals surface area contributed by atoms with Crippen LogP contribution in [0.25, 0.3) is 27.5 Å². The zero-order chi connectivity index (χ0) is 20.5. The summed E-state index contributed by atoms with van der Waals surface area (Å²) in [7, 11) is 1.57. The SMILES string of the molecule is COc1cccc(F)c1-c1nc2scc(-c3ccccc3)n2c1NC1CCCCC1. The Labute approximate surface area is 179 Å². The third-order valence-electron chi connectivity index (χ3n) is 5.81. The molecule has 154 valence electrons. The number of nitrogens with zero attached hydrogens (tertiary/aromatic N) is 2. The summed E-state index contributed by atoms with van der Waals surface area (Å²) in [6.07, 6.45) is 5.94. The van der Waals surface area contributed by atoms with Crippen LogP contribution in [0.3, 0.4) is 0 Å². The standard InChI is InChI=1S/C24H24FN3OS/c1-29-20-14-8-13-18(25)21(20)22-23(26-17-11-6-3-7-12-17)28-19(15-30-24(28)27-22)16-9-4-2-5-10-16/h2,4-5,8-10,13-15,17,26H,3,6-7,11-12H2,1H3. The summed E-state index contributed by atoms with van der Waals surface area (Å²) in [6, 6.07) is 15.5. The van der Waals surface area contributed by atoms with E-state index in [4.69, 9.17) is 9.72 Å². The van der Waals surface area contributed by atoms with Crippen molar-refractivity contribution < 1.29 is 9.13 Å². The van der Waals surface area contributed by atoms with Gasteiger partial charge in [0.1, 0.15) is 23.1 Å². The average molecular weight is 422 g/mol. The number of nitrogens with one attached hydrogen (secondary N) is 1. The number of anilines is 1. The fraction of sp³-hybridized carbons (Fsp3) is 0.292. The summed E-state index contributed by atoms with van der Waals surface area (Å²) in [5, 5.41) is 5.85. The number of hydrogen-bond donors (Lipinski definition) is 1. The molecule has 2 aromatic carbocycles. The van der Waals surface area contributed by atoms with Crippen molar-refractivity contribution in [2.24, 2.45) is 0 Å². The maximum absolute atomic E-state index is 15.0. The highest BCUT2D eigenvalue weighted by atomic mass is 32.1. The molecule has 4 aromatic rings. The molecule has 1 aliphatic carbocycles. The van der Waals surface area contributed by atoms with E-state index in [9.17, 15) is 4.39 Å². The molecule has 0 amide bonds. The van der Waals surface area contributed by atoms with Gasteiger partial charge in [0, 0.05) is 11.4 Å². The topological polar surface area (TPSA) is 38.6 Å². The first-order valence-corrected chi connectivity index (χ1v) is 11.3. The monoisotopic (exact) mass is 421 g/mol. The molecule has 0 atom stereocenters. The smallest absolute Gasteiger partial charge is 0.196 e. The summed E-state index contributed by atoms with van der Waals surface area (Å²) in [6.45, 7) is 0. The summed E-state index contributed by atoms with van der Waals surface area (Å²) in [4.78, 5) is 5.70. The van der Waals surface area contributed by atoms with E-state index in [1.165, 1.54) is 25.3 Å². The van der Waals surface area contributed by atoms with Gasteiger partial charge >= 0.3 is 0 Å². The number of imidazole rings is 1. The highest BCUT2D eigenvalue weighted by Gasteiger charge is 2.26. The van der Waals surface area contributed by atoms with Crippen LogP contribution in [-0.2, 0) is 0 Å². The molecule has 1 fully saturated rings. The molecule has 1 N–H and O–H groups in total. The van der Waals surface area contributed by atoms with E-state index < -0.39 is 0 Å². The van der Waals surface area contributed by atoms with Gasteiger partial charge in [-0.2, -0.15) is 0 Å². The van der Waals surface area contributed by atoms with Gasteiger partial charge in [0.15, 0.2) is 4.96 Å². The number of thiazole rings is 1. The largest absolute Gasteiger partial charge is 0.496 e. The fourth-order valence-corrected chi connectivity index (χ4v) is 5.22. The molecule has 5 rings (SSSR count). The zero-order valence-electron chi connectivity index (χ0n) is 16.9. The van der Waals surface area contributed by atoms with Gasteiger partial charge < -0.3 is 10.1 Å². The Bertz CT molecular complexity index is 1160. The Balaban J connectivity index is 1.73. The van der Waals surface area contributed by atoms with Crippen LogP contribution < -0.4 is 10.1 Å². The normalized spacial score (nSPS) is 14.9. The van der Waals surface area contributed by atoms with Gasteiger partial charge in [-0.1, -0.05) is 55.7 Å². The first-order chi connectivity index (χ1) is 14.8. The van der Waals surface area contributed by atoms with E-state index in [-0.39, 0.29) is 5.82 Å². The van der Waals surface area contributed by atoms with Crippen molar-refractivity contribution in [1.29, 1.82) is 0 Å². The Kier molecular flexibility index (Phi) is 5.17. The predicted molar refractivity (Wildman–Crippen MR) is 121 cm³/mol. The quantitative estimate of drug-likeness (QED) is 0.393. The number of rotatable bonds is 5. The minimum absolute atomic E-state index is 0.326. The lowest BCUT2D eigenvalue weighted by atomic mass is 9.95. The lowest BCUT2D eigenvalue weighted by molar-refractivity contribution is 0.413. The maximum Gasteiger partial charge on any atom is 0.196 e. The molecule has 6 heteroatoms. The molecule has 1 saturated carbocycles. The summed E-state index contributed by atoms with van der Waals surface area (Å²) in [5.74, 6) is 1.02. The fourth-order valence-electron chi connectivity index (χ4n) is 4.32. The first-order valence-electron chi connectivity index (χ1n) is 10.4. The van der Waals surface area contributed by atoms with Crippen LogP contribution in [0.2, 0.25) is 0 Å². The van der Waals surface area contributed by atoms with Crippen molar-refractivity contribution in [1.82, 2.24) is 9.38 Å². The summed E-state index contributed by atoms with van der Waals surface area (Å²) < 4.78 is 22.6. The molecule has 0 spiro atoms. The van der Waals surface area contributed by atoms with E-state index in [2.05, 4.69) is 27.2 Å². The highest BCUT2D eigenvalue weighted by molar-refractivity contribution is 7.15. The molecule has 2 heterocycles. The number of fused-ring (bicyclic) bond motifs is 1. The molecule has 30 heavy (non-hydrogen) atoms. The number of benzene rings is 2. The van der Waals surface area contributed by atoms with Crippen molar-refractivity contribution in [2.75, 3.05) is 12.4 Å². The van der Waals surface area contributed by atoms with Gasteiger partial charge in [-0.3, -0.25) is 4.40 Å². The van der Waals surface area contributed by atoms with Crippen LogP contribution in [0.15, 0.2) is 53.9 Å². The maximum atomic E-state index is 15.0. The van der Waals surface area contributed by atoms with E-state index in [1.807, 2.05) is 18.2 Å². The lowest BCUT2D eigenvalue weighted by Gasteiger charge is -2.24. The lowest BCUT2D eigenvalue weighted by Crippen LogP contribution is -2.23. The van der Waals surface area contributed by atoms with Crippen molar-refractivity contribution >= 4 is 22.1 Å². The molecular weight excluding hydrogens is 397 g/mol. The molecule has 0 saturated heterocycles. The number of aromatic nitrogens is 2. The molecule has 0 bridgehead atoms. The molecule has 1 aliphatic rings. The number of hydrogen-bond acceptors (Lipinski definition) is 4. The second kappa shape index (κ2) is 8.11. The molecule has 0 radical (unpaired) electrons. The third-order valence-corrected chi connectivity index (χ3v) is 6.64. The van der Waals surface area contributed by atoms with Crippen LogP contribution >= 0.6 is 11.3 Å². The second-order valence-electron chi connectivity index (χ2n) is 7.71. The van der Waals surface area contributed by atoms with Crippen molar-refractivity contribution in [3.63, 3.8) is 0 Å². The van der Waals surface area contributed by atoms with E-state index >= 15 is 0 Å². The number of methoxy groups -OCH3 is 1. The Morgan fingerprint density at radius 3 is 2.63 bits per heavy atom. The highest BCUT2D eigenvalue weighted by Crippen LogP contribution is 2.41. The summed E-state index contributed by atoms with van der Waals surface area (Å²) >= 11 is 1.57. The van der Waals surface area contributed by atoms with Crippen molar-refractivity contribution in [2.45, 2.75) is 38.1 Å². The van der Waals surface area contributed by atoms with E-state index in [1.54, 1.807) is 30.6 Å². The molecule has 0 unspecified atom stereocenters. The van der Waals surface area contributed by atoms with Gasteiger partial charge in [-0.05, 0) is 30.5 Å². The minimum Gasteiger partial charge on any atom is -0.496 e. The zero-order valence-corrected chi connectivity index (χ0v) is 17.7. The molecule has 0 aliphatic heterocycles. The number of halogens is 1. The van der Waals surface area contributed by atoms with Crippen LogP contribution in [0, 0.1) is 5.82 Å². The van der Waals surface area contributed by atoms with Crippen LogP contribution in [0.1, 0.15) is 32.1 Å². The third kappa shape index (κ3) is 3.35. The van der Waals surface area contributed by atoms with Crippen LogP contribution in [0.4, 0.5) is 10.2 Å². The molecule has 2 aromatic heterocycles. The van der Waals surface area contributed by atoms with Crippen molar-refractivity contribution in [3.05, 3.63) is 59.7 Å². The van der Waals surface area contributed by atoms with Crippen LogP contribution in [-0.4, -0.2) is 22.5 Å². The minimum atomic E-state index is -0.326. The Hall–Kier alpha value is -2.86. The Morgan fingerprint density at radius 2 is 1.87 bits per heavy atom. The Morgan fingerprint density at radius 1 is 1.07 bits per heavy atom. The molecule has 4 nitrogen and oxygen atoms in total.